The van der Waals surface area contributed by atoms with E-state index in [-0.39, 0.29) is 22.4 Å². The molecule has 2 rings (SSSR count). The highest BCUT2D eigenvalue weighted by Gasteiger charge is 2.32. The molecule has 8 heteroatoms. The van der Waals surface area contributed by atoms with Crippen molar-refractivity contribution in [3.8, 4) is 5.75 Å². The molecule has 26 heavy (non-hydrogen) atoms. The van der Waals surface area contributed by atoms with Crippen molar-refractivity contribution in [3.05, 3.63) is 24.3 Å². The number of carbonyl (C=O) groups excluding carboxylic acids is 1. The Kier molecular flexibility index (Phi) is 6.31. The molecule has 1 fully saturated rings. The van der Waals surface area contributed by atoms with Crippen LogP contribution in [0, 0.1) is 0 Å². The van der Waals surface area contributed by atoms with Crippen LogP contribution in [0.4, 0.5) is 0 Å². The molecule has 0 radical (unpaired) electrons. The molecule has 0 aromatic heterocycles. The number of hydrogen-bond acceptors (Lipinski definition) is 5. The molecular formula is C18H29N3O4S. The molecule has 1 N–H and O–H groups in total. The standard InChI is InChI=1S/C18H29N3O4S/c1-14(17(22)19-18(2,3)4)20-10-12-21(13-11-20)26(23,24)16-8-6-15(25-5)7-9-16/h6-9,14H,10-13H2,1-5H3,(H,19,22)/t14-/m1/s1. The zero-order valence-corrected chi connectivity index (χ0v) is 17.0. The molecule has 146 valence electrons. The van der Waals surface area contributed by atoms with Crippen molar-refractivity contribution < 1.29 is 17.9 Å². The number of hydrogen-bond donors (Lipinski definition) is 1. The van der Waals surface area contributed by atoms with E-state index in [0.29, 0.717) is 31.9 Å². The van der Waals surface area contributed by atoms with E-state index in [1.165, 1.54) is 4.31 Å². The first-order chi connectivity index (χ1) is 12.0. The highest BCUT2D eigenvalue weighted by molar-refractivity contribution is 7.89. The van der Waals surface area contributed by atoms with Crippen molar-refractivity contribution in [2.45, 2.75) is 44.2 Å². The predicted octanol–water partition coefficient (Wildman–Crippen LogP) is 1.30. The molecule has 1 amide bonds. The minimum atomic E-state index is -3.53. The van der Waals surface area contributed by atoms with Crippen LogP contribution in [0.15, 0.2) is 29.2 Å². The number of benzene rings is 1. The van der Waals surface area contributed by atoms with Crippen molar-refractivity contribution in [2.24, 2.45) is 0 Å². The summed E-state index contributed by atoms with van der Waals surface area (Å²) in [6, 6.07) is 6.10. The first-order valence-electron chi connectivity index (χ1n) is 8.75. The normalized spacial score (nSPS) is 18.3. The van der Waals surface area contributed by atoms with Crippen LogP contribution in [-0.2, 0) is 14.8 Å². The lowest BCUT2D eigenvalue weighted by molar-refractivity contribution is -0.127. The summed E-state index contributed by atoms with van der Waals surface area (Å²) in [6.07, 6.45) is 0. The van der Waals surface area contributed by atoms with E-state index in [1.807, 2.05) is 32.6 Å². The third-order valence-corrected chi connectivity index (χ3v) is 6.31. The predicted molar refractivity (Wildman–Crippen MR) is 101 cm³/mol. The van der Waals surface area contributed by atoms with Gasteiger partial charge in [0, 0.05) is 31.7 Å². The maximum atomic E-state index is 12.8. The van der Waals surface area contributed by atoms with Gasteiger partial charge in [-0.2, -0.15) is 4.31 Å². The number of piperazine rings is 1. The molecule has 1 aliphatic heterocycles. The summed E-state index contributed by atoms with van der Waals surface area (Å²) in [5, 5.41) is 2.97. The molecule has 0 bridgehead atoms. The fourth-order valence-electron chi connectivity index (χ4n) is 2.87. The number of ether oxygens (including phenoxy) is 1. The summed E-state index contributed by atoms with van der Waals surface area (Å²) in [5.74, 6) is 0.580. The number of methoxy groups -OCH3 is 1. The highest BCUT2D eigenvalue weighted by atomic mass is 32.2. The Morgan fingerprint density at radius 3 is 2.12 bits per heavy atom. The Labute approximate surface area is 156 Å². The van der Waals surface area contributed by atoms with Gasteiger partial charge in [0.2, 0.25) is 15.9 Å². The lowest BCUT2D eigenvalue weighted by Gasteiger charge is -2.37. The second-order valence-corrected chi connectivity index (χ2v) is 9.47. The number of carbonyl (C=O) groups is 1. The van der Waals surface area contributed by atoms with Gasteiger partial charge in [-0.1, -0.05) is 0 Å². The van der Waals surface area contributed by atoms with Crippen molar-refractivity contribution in [1.82, 2.24) is 14.5 Å². The van der Waals surface area contributed by atoms with Crippen LogP contribution in [0.5, 0.6) is 5.75 Å². The molecule has 7 nitrogen and oxygen atoms in total. The number of sulfonamides is 1. The molecule has 1 saturated heterocycles. The van der Waals surface area contributed by atoms with Crippen LogP contribution in [-0.4, -0.2) is 68.4 Å². The Morgan fingerprint density at radius 1 is 1.12 bits per heavy atom. The van der Waals surface area contributed by atoms with E-state index in [9.17, 15) is 13.2 Å². The summed E-state index contributed by atoms with van der Waals surface area (Å²) < 4.78 is 32.1. The molecule has 0 aliphatic carbocycles. The van der Waals surface area contributed by atoms with Gasteiger partial charge in [-0.3, -0.25) is 9.69 Å². The molecule has 0 spiro atoms. The maximum absolute atomic E-state index is 12.8. The minimum Gasteiger partial charge on any atom is -0.497 e. The van der Waals surface area contributed by atoms with E-state index in [2.05, 4.69) is 5.32 Å². The Bertz CT molecular complexity index is 718. The summed E-state index contributed by atoms with van der Waals surface area (Å²) in [6.45, 7) is 9.45. The zero-order chi connectivity index (χ0) is 19.5. The number of amides is 1. The van der Waals surface area contributed by atoms with Crippen LogP contribution in [0.3, 0.4) is 0 Å². The zero-order valence-electron chi connectivity index (χ0n) is 16.2. The van der Waals surface area contributed by atoms with E-state index in [0.717, 1.165) is 0 Å². The van der Waals surface area contributed by atoms with Gasteiger partial charge < -0.3 is 10.1 Å². The van der Waals surface area contributed by atoms with Crippen molar-refractivity contribution >= 4 is 15.9 Å². The van der Waals surface area contributed by atoms with Gasteiger partial charge >= 0.3 is 0 Å². The second kappa shape index (κ2) is 7.94. The summed E-state index contributed by atoms with van der Waals surface area (Å²) in [4.78, 5) is 14.6. The first kappa shape index (κ1) is 20.7. The lowest BCUT2D eigenvalue weighted by Crippen LogP contribution is -2.56. The number of nitrogens with one attached hydrogen (secondary N) is 1. The molecular weight excluding hydrogens is 354 g/mol. The summed E-state index contributed by atoms with van der Waals surface area (Å²) in [7, 11) is -1.99. The van der Waals surface area contributed by atoms with Crippen molar-refractivity contribution in [1.29, 1.82) is 0 Å². The Morgan fingerprint density at radius 2 is 1.65 bits per heavy atom. The van der Waals surface area contributed by atoms with E-state index >= 15 is 0 Å². The van der Waals surface area contributed by atoms with Crippen molar-refractivity contribution in [2.75, 3.05) is 33.3 Å². The first-order valence-corrected chi connectivity index (χ1v) is 10.2. The molecule has 1 aliphatic rings. The van der Waals surface area contributed by atoms with Crippen LogP contribution in [0.2, 0.25) is 0 Å². The van der Waals surface area contributed by atoms with Crippen LogP contribution >= 0.6 is 0 Å². The van der Waals surface area contributed by atoms with Gasteiger partial charge in [-0.05, 0) is 52.0 Å². The quantitative estimate of drug-likeness (QED) is 0.829. The van der Waals surface area contributed by atoms with Crippen molar-refractivity contribution in [3.63, 3.8) is 0 Å². The average molecular weight is 384 g/mol. The fraction of sp³-hybridized carbons (Fsp3) is 0.611. The van der Waals surface area contributed by atoms with Crippen LogP contribution in [0.25, 0.3) is 0 Å². The van der Waals surface area contributed by atoms with Gasteiger partial charge in [0.25, 0.3) is 0 Å². The second-order valence-electron chi connectivity index (χ2n) is 7.53. The monoisotopic (exact) mass is 383 g/mol. The van der Waals surface area contributed by atoms with E-state index in [1.54, 1.807) is 31.4 Å². The molecule has 1 aromatic carbocycles. The highest BCUT2D eigenvalue weighted by Crippen LogP contribution is 2.21. The summed E-state index contributed by atoms with van der Waals surface area (Å²) in [5.41, 5.74) is -0.287. The molecule has 0 unspecified atom stereocenters. The van der Waals surface area contributed by atoms with E-state index in [4.69, 9.17) is 4.74 Å². The molecule has 0 saturated carbocycles. The third kappa shape index (κ3) is 4.96. The average Bonchev–Trinajstić information content (AvgIpc) is 2.59. The molecule has 1 aromatic rings. The van der Waals surface area contributed by atoms with Crippen LogP contribution < -0.4 is 10.1 Å². The van der Waals surface area contributed by atoms with Crippen LogP contribution in [0.1, 0.15) is 27.7 Å². The molecule has 1 atom stereocenters. The minimum absolute atomic E-state index is 0.0380. The Balaban J connectivity index is 1.99. The van der Waals surface area contributed by atoms with Gasteiger partial charge in [0.05, 0.1) is 18.0 Å². The molecule has 1 heterocycles. The Hall–Kier alpha value is -1.64. The number of rotatable bonds is 5. The van der Waals surface area contributed by atoms with Gasteiger partial charge in [-0.25, -0.2) is 8.42 Å². The van der Waals surface area contributed by atoms with Gasteiger partial charge in [0.1, 0.15) is 5.75 Å². The third-order valence-electron chi connectivity index (χ3n) is 4.40. The summed E-state index contributed by atoms with van der Waals surface area (Å²) >= 11 is 0. The maximum Gasteiger partial charge on any atom is 0.243 e. The largest absolute Gasteiger partial charge is 0.497 e. The van der Waals surface area contributed by atoms with Gasteiger partial charge in [-0.15, -0.1) is 0 Å². The fourth-order valence-corrected chi connectivity index (χ4v) is 4.29. The van der Waals surface area contributed by atoms with E-state index < -0.39 is 10.0 Å². The topological polar surface area (TPSA) is 79.0 Å². The number of nitrogens with zero attached hydrogens (tertiary/aromatic N) is 2. The lowest BCUT2D eigenvalue weighted by atomic mass is 10.1. The van der Waals surface area contributed by atoms with Gasteiger partial charge in [0.15, 0.2) is 0 Å². The SMILES string of the molecule is COc1ccc(S(=O)(=O)N2CCN([C@H](C)C(=O)NC(C)(C)C)CC2)cc1. The smallest absolute Gasteiger partial charge is 0.243 e.